The van der Waals surface area contributed by atoms with E-state index in [4.69, 9.17) is 0 Å². The van der Waals surface area contributed by atoms with Gasteiger partial charge in [-0.1, -0.05) is 62.4 Å². The second-order valence-corrected chi connectivity index (χ2v) is 10.9. The maximum absolute atomic E-state index is 2.55. The van der Waals surface area contributed by atoms with E-state index in [9.17, 15) is 0 Å². The van der Waals surface area contributed by atoms with Crippen molar-refractivity contribution in [3.05, 3.63) is 30.3 Å². The lowest BCUT2D eigenvalue weighted by Crippen LogP contribution is -2.71. The Morgan fingerprint density at radius 3 is 1.84 bits per heavy atom. The van der Waals surface area contributed by atoms with Gasteiger partial charge < -0.3 is 9.13 Å². The summed E-state index contributed by atoms with van der Waals surface area (Å²) < 4.78 is 5.11. The van der Waals surface area contributed by atoms with Crippen molar-refractivity contribution in [3.8, 4) is 0 Å². The SMILES string of the molecule is CN(C)[Si](c1ccccc1)(C1CCCCC1)N(C)C. The summed E-state index contributed by atoms with van der Waals surface area (Å²) in [7, 11) is 7.38. The molecule has 0 aromatic heterocycles. The quantitative estimate of drug-likeness (QED) is 0.780. The third kappa shape index (κ3) is 2.64. The third-order valence-corrected chi connectivity index (χ3v) is 10.4. The molecule has 19 heavy (non-hydrogen) atoms. The summed E-state index contributed by atoms with van der Waals surface area (Å²) in [5, 5.41) is 1.57. The molecule has 0 saturated heterocycles. The molecule has 106 valence electrons. The molecule has 0 N–H and O–H groups in total. The molecular formula is C16H28N2Si. The Morgan fingerprint density at radius 1 is 0.842 bits per heavy atom. The van der Waals surface area contributed by atoms with Crippen LogP contribution in [-0.4, -0.2) is 45.7 Å². The molecular weight excluding hydrogens is 248 g/mol. The summed E-state index contributed by atoms with van der Waals surface area (Å²) >= 11 is 0. The Balaban J connectivity index is 2.47. The van der Waals surface area contributed by atoms with E-state index in [1.54, 1.807) is 5.19 Å². The Kier molecular flexibility index (Phi) is 4.82. The Morgan fingerprint density at radius 2 is 1.37 bits per heavy atom. The van der Waals surface area contributed by atoms with Crippen LogP contribution in [0.5, 0.6) is 0 Å². The van der Waals surface area contributed by atoms with Gasteiger partial charge in [-0.25, -0.2) is 0 Å². The van der Waals surface area contributed by atoms with Gasteiger partial charge in [0.2, 0.25) is 8.40 Å². The van der Waals surface area contributed by atoms with Gasteiger partial charge in [0.1, 0.15) is 0 Å². The van der Waals surface area contributed by atoms with Crippen LogP contribution < -0.4 is 5.19 Å². The Labute approximate surface area is 119 Å². The molecule has 2 nitrogen and oxygen atoms in total. The molecule has 0 spiro atoms. The van der Waals surface area contributed by atoms with Gasteiger partial charge >= 0.3 is 0 Å². The molecule has 0 unspecified atom stereocenters. The maximum Gasteiger partial charge on any atom is 0.242 e. The molecule has 1 aliphatic rings. The monoisotopic (exact) mass is 276 g/mol. The van der Waals surface area contributed by atoms with E-state index in [1.807, 2.05) is 0 Å². The van der Waals surface area contributed by atoms with Crippen LogP contribution in [0.4, 0.5) is 0 Å². The number of benzene rings is 1. The normalized spacial score (nSPS) is 18.2. The van der Waals surface area contributed by atoms with E-state index >= 15 is 0 Å². The van der Waals surface area contributed by atoms with Crippen LogP contribution in [0.1, 0.15) is 32.1 Å². The van der Waals surface area contributed by atoms with Crippen molar-refractivity contribution in [2.24, 2.45) is 0 Å². The molecule has 1 saturated carbocycles. The van der Waals surface area contributed by atoms with Crippen LogP contribution in [-0.2, 0) is 0 Å². The fraction of sp³-hybridized carbons (Fsp3) is 0.625. The predicted octanol–water partition coefficient (Wildman–Crippen LogP) is 2.79. The number of hydrogen-bond donors (Lipinski definition) is 0. The lowest BCUT2D eigenvalue weighted by Gasteiger charge is -2.49. The summed E-state index contributed by atoms with van der Waals surface area (Å²) in [4.78, 5) is 0. The highest BCUT2D eigenvalue weighted by Gasteiger charge is 2.48. The third-order valence-electron chi connectivity index (χ3n) is 4.74. The topological polar surface area (TPSA) is 6.48 Å². The van der Waals surface area contributed by atoms with Crippen molar-refractivity contribution in [3.63, 3.8) is 0 Å². The van der Waals surface area contributed by atoms with Gasteiger partial charge in [-0.2, -0.15) is 0 Å². The molecule has 1 aromatic carbocycles. The average Bonchev–Trinajstić information content (AvgIpc) is 2.41. The molecule has 0 amide bonds. The van der Waals surface area contributed by atoms with Gasteiger partial charge in [0, 0.05) is 0 Å². The second kappa shape index (κ2) is 6.20. The highest BCUT2D eigenvalue weighted by Crippen LogP contribution is 2.38. The molecule has 0 atom stereocenters. The minimum Gasteiger partial charge on any atom is -0.313 e. The van der Waals surface area contributed by atoms with Crippen molar-refractivity contribution in [2.75, 3.05) is 28.2 Å². The van der Waals surface area contributed by atoms with E-state index in [-0.39, 0.29) is 0 Å². The molecule has 0 aliphatic heterocycles. The zero-order valence-corrected chi connectivity index (χ0v) is 13.9. The van der Waals surface area contributed by atoms with E-state index in [1.165, 1.54) is 32.1 Å². The number of rotatable bonds is 4. The van der Waals surface area contributed by atoms with Crippen molar-refractivity contribution in [1.29, 1.82) is 0 Å². The first-order valence-electron chi connectivity index (χ1n) is 7.50. The van der Waals surface area contributed by atoms with Crippen LogP contribution in [0.2, 0.25) is 5.54 Å². The Bertz CT molecular complexity index is 375. The van der Waals surface area contributed by atoms with Gasteiger partial charge in [0.25, 0.3) is 0 Å². The Hall–Kier alpha value is -0.643. The average molecular weight is 276 g/mol. The van der Waals surface area contributed by atoms with E-state index in [0.717, 1.165) is 5.54 Å². The molecule has 2 rings (SSSR count). The predicted molar refractivity (Wildman–Crippen MR) is 86.0 cm³/mol. The molecule has 1 aliphatic carbocycles. The maximum atomic E-state index is 2.55. The fourth-order valence-corrected chi connectivity index (χ4v) is 9.73. The van der Waals surface area contributed by atoms with Crippen LogP contribution in [0.3, 0.4) is 0 Å². The molecule has 1 aromatic rings. The largest absolute Gasteiger partial charge is 0.313 e. The van der Waals surface area contributed by atoms with E-state index in [0.29, 0.717) is 0 Å². The van der Waals surface area contributed by atoms with Crippen LogP contribution in [0.25, 0.3) is 0 Å². The lowest BCUT2D eigenvalue weighted by molar-refractivity contribution is 0.410. The molecule has 0 bridgehead atoms. The summed E-state index contributed by atoms with van der Waals surface area (Å²) in [6.07, 6.45) is 7.05. The standard InChI is InChI=1S/C16H28N2Si/c1-17(2)19(18(3)4,15-11-7-5-8-12-15)16-13-9-6-10-14-16/h5,7-8,11-12,16H,6,9-10,13-14H2,1-4H3. The summed E-state index contributed by atoms with van der Waals surface area (Å²) in [6, 6.07) is 11.2. The van der Waals surface area contributed by atoms with Gasteiger partial charge in [-0.15, -0.1) is 0 Å². The minimum atomic E-state index is -1.76. The van der Waals surface area contributed by atoms with Crippen molar-refractivity contribution < 1.29 is 0 Å². The van der Waals surface area contributed by atoms with Gasteiger partial charge in [-0.05, 0) is 38.9 Å². The van der Waals surface area contributed by atoms with Gasteiger partial charge in [-0.3, -0.25) is 0 Å². The van der Waals surface area contributed by atoms with Crippen molar-refractivity contribution >= 4 is 13.6 Å². The highest BCUT2D eigenvalue weighted by molar-refractivity contribution is 6.88. The number of hydrogen-bond acceptors (Lipinski definition) is 2. The summed E-state index contributed by atoms with van der Waals surface area (Å²) in [5.74, 6) is 0. The van der Waals surface area contributed by atoms with Gasteiger partial charge in [0.15, 0.2) is 0 Å². The van der Waals surface area contributed by atoms with Crippen molar-refractivity contribution in [1.82, 2.24) is 9.13 Å². The summed E-state index contributed by atoms with van der Waals surface area (Å²) in [5.41, 5.74) is 0.855. The molecule has 1 fully saturated rings. The number of nitrogens with zero attached hydrogens (tertiary/aromatic N) is 2. The first-order chi connectivity index (χ1) is 9.10. The van der Waals surface area contributed by atoms with E-state index in [2.05, 4.69) is 67.7 Å². The first-order valence-corrected chi connectivity index (χ1v) is 9.47. The van der Waals surface area contributed by atoms with Crippen LogP contribution in [0.15, 0.2) is 30.3 Å². The summed E-state index contributed by atoms with van der Waals surface area (Å²) in [6.45, 7) is 0. The fourth-order valence-electron chi connectivity index (χ4n) is 4.07. The highest BCUT2D eigenvalue weighted by atomic mass is 28.3. The lowest BCUT2D eigenvalue weighted by atomic mass is 10.0. The minimum absolute atomic E-state index is 0.855. The van der Waals surface area contributed by atoms with Crippen molar-refractivity contribution in [2.45, 2.75) is 37.6 Å². The van der Waals surface area contributed by atoms with Crippen LogP contribution >= 0.6 is 0 Å². The molecule has 0 heterocycles. The first kappa shape index (κ1) is 14.8. The molecule has 3 heteroatoms. The zero-order valence-electron chi connectivity index (χ0n) is 12.9. The molecule has 0 radical (unpaired) electrons. The van der Waals surface area contributed by atoms with Gasteiger partial charge in [0.05, 0.1) is 0 Å². The smallest absolute Gasteiger partial charge is 0.242 e. The van der Waals surface area contributed by atoms with E-state index < -0.39 is 8.40 Å². The second-order valence-electron chi connectivity index (χ2n) is 6.22. The van der Waals surface area contributed by atoms with Crippen LogP contribution in [0, 0.1) is 0 Å². The zero-order chi connectivity index (χ0) is 13.9.